The number of nitrogens with zero attached hydrogens (tertiary/aromatic N) is 2. The van der Waals surface area contributed by atoms with Crippen LogP contribution >= 0.6 is 0 Å². The summed E-state index contributed by atoms with van der Waals surface area (Å²) in [5.41, 5.74) is 0.859. The molecule has 0 aliphatic heterocycles. The molecule has 0 saturated carbocycles. The van der Waals surface area contributed by atoms with Crippen molar-refractivity contribution < 1.29 is 13.9 Å². The molecule has 3 rings (SSSR count). The van der Waals surface area contributed by atoms with Crippen LogP contribution in [0.25, 0.3) is 11.0 Å². The number of rotatable bonds is 4. The van der Waals surface area contributed by atoms with E-state index in [-0.39, 0.29) is 11.5 Å². The summed E-state index contributed by atoms with van der Waals surface area (Å²) in [6, 6.07) is 6.17. The Morgan fingerprint density at radius 1 is 1.39 bits per heavy atom. The van der Waals surface area contributed by atoms with E-state index in [1.807, 2.05) is 6.20 Å². The van der Waals surface area contributed by atoms with Crippen LogP contribution < -0.4 is 15.7 Å². The van der Waals surface area contributed by atoms with Crippen molar-refractivity contribution in [2.75, 3.05) is 7.11 Å². The Morgan fingerprint density at radius 2 is 2.22 bits per heavy atom. The van der Waals surface area contributed by atoms with Crippen LogP contribution in [0.1, 0.15) is 15.9 Å². The van der Waals surface area contributed by atoms with E-state index in [1.54, 1.807) is 36.1 Å². The van der Waals surface area contributed by atoms with E-state index in [0.29, 0.717) is 23.3 Å². The number of carbonyl (C=O) groups is 1. The Bertz CT molecular complexity index is 926. The molecule has 0 saturated heterocycles. The van der Waals surface area contributed by atoms with E-state index >= 15 is 0 Å². The maximum Gasteiger partial charge on any atom is 0.337 e. The van der Waals surface area contributed by atoms with E-state index in [4.69, 9.17) is 9.15 Å². The number of aryl methyl sites for hydroxylation is 1. The predicted molar refractivity (Wildman–Crippen MR) is 83.4 cm³/mol. The number of fused-ring (bicyclic) bond motifs is 1. The Labute approximate surface area is 131 Å². The normalized spacial score (nSPS) is 10.7. The Balaban J connectivity index is 1.91. The molecule has 1 amide bonds. The van der Waals surface area contributed by atoms with Crippen molar-refractivity contribution in [1.29, 1.82) is 0 Å². The number of benzene rings is 1. The minimum absolute atomic E-state index is 0.266. The molecule has 7 nitrogen and oxygen atoms in total. The van der Waals surface area contributed by atoms with Crippen LogP contribution in [0, 0.1) is 0 Å². The summed E-state index contributed by atoms with van der Waals surface area (Å²) in [4.78, 5) is 24.1. The monoisotopic (exact) mass is 313 g/mol. The molecule has 0 bridgehead atoms. The lowest BCUT2D eigenvalue weighted by atomic mass is 10.1. The molecule has 7 heteroatoms. The van der Waals surface area contributed by atoms with Crippen LogP contribution in [-0.4, -0.2) is 22.8 Å². The van der Waals surface area contributed by atoms with Crippen molar-refractivity contribution in [2.45, 2.75) is 6.54 Å². The molecule has 2 aromatic heterocycles. The highest BCUT2D eigenvalue weighted by Crippen LogP contribution is 2.22. The van der Waals surface area contributed by atoms with Gasteiger partial charge in [0.05, 0.1) is 18.9 Å². The van der Waals surface area contributed by atoms with Gasteiger partial charge in [-0.3, -0.25) is 9.48 Å². The lowest BCUT2D eigenvalue weighted by molar-refractivity contribution is 0.0952. The Hall–Kier alpha value is -3.09. The molecule has 2 heterocycles. The van der Waals surface area contributed by atoms with E-state index < -0.39 is 5.63 Å². The number of amides is 1. The molecule has 0 spiro atoms. The van der Waals surface area contributed by atoms with Crippen molar-refractivity contribution in [3.8, 4) is 5.75 Å². The van der Waals surface area contributed by atoms with Crippen LogP contribution in [0.2, 0.25) is 0 Å². The van der Waals surface area contributed by atoms with E-state index in [0.717, 1.165) is 5.56 Å². The highest BCUT2D eigenvalue weighted by atomic mass is 16.5. The van der Waals surface area contributed by atoms with Crippen molar-refractivity contribution in [3.05, 3.63) is 58.2 Å². The average molecular weight is 313 g/mol. The summed E-state index contributed by atoms with van der Waals surface area (Å²) in [6.45, 7) is 0.324. The van der Waals surface area contributed by atoms with Gasteiger partial charge in [0.25, 0.3) is 5.91 Å². The van der Waals surface area contributed by atoms with Crippen LogP contribution in [0.5, 0.6) is 5.75 Å². The Morgan fingerprint density at radius 3 is 2.91 bits per heavy atom. The highest BCUT2D eigenvalue weighted by molar-refractivity contribution is 6.05. The van der Waals surface area contributed by atoms with Crippen LogP contribution in [0.4, 0.5) is 0 Å². The van der Waals surface area contributed by atoms with Gasteiger partial charge in [0.15, 0.2) is 0 Å². The molecule has 23 heavy (non-hydrogen) atoms. The molecular weight excluding hydrogens is 298 g/mol. The molecule has 0 unspecified atom stereocenters. The number of methoxy groups -OCH3 is 1. The first-order valence-corrected chi connectivity index (χ1v) is 6.94. The number of carbonyl (C=O) groups excluding carboxylic acids is 1. The van der Waals surface area contributed by atoms with Crippen LogP contribution in [-0.2, 0) is 13.6 Å². The van der Waals surface area contributed by atoms with Gasteiger partial charge in [-0.1, -0.05) is 0 Å². The zero-order chi connectivity index (χ0) is 16.4. The summed E-state index contributed by atoms with van der Waals surface area (Å²) >= 11 is 0. The molecule has 1 N–H and O–H groups in total. The summed E-state index contributed by atoms with van der Waals surface area (Å²) in [5, 5.41) is 7.36. The molecule has 3 aromatic rings. The summed E-state index contributed by atoms with van der Waals surface area (Å²) in [7, 11) is 3.32. The molecule has 0 atom stereocenters. The first-order valence-electron chi connectivity index (χ1n) is 6.94. The summed E-state index contributed by atoms with van der Waals surface area (Å²) < 4.78 is 11.9. The highest BCUT2D eigenvalue weighted by Gasteiger charge is 2.14. The van der Waals surface area contributed by atoms with Gasteiger partial charge in [-0.15, -0.1) is 0 Å². The topological polar surface area (TPSA) is 86.4 Å². The first kappa shape index (κ1) is 14.8. The third-order valence-electron chi connectivity index (χ3n) is 3.41. The number of ether oxygens (including phenoxy) is 1. The minimum Gasteiger partial charge on any atom is -0.497 e. The first-order chi connectivity index (χ1) is 11.1. The number of aromatic nitrogens is 2. The molecular formula is C16H15N3O4. The lowest BCUT2D eigenvalue weighted by Crippen LogP contribution is -2.24. The summed E-state index contributed by atoms with van der Waals surface area (Å²) in [6.07, 6.45) is 3.48. The van der Waals surface area contributed by atoms with Crippen LogP contribution in [0.3, 0.4) is 0 Å². The van der Waals surface area contributed by atoms with Crippen molar-refractivity contribution in [3.63, 3.8) is 0 Å². The van der Waals surface area contributed by atoms with Gasteiger partial charge in [-0.05, 0) is 12.1 Å². The van der Waals surface area contributed by atoms with Gasteiger partial charge in [0.2, 0.25) is 0 Å². The Kier molecular flexibility index (Phi) is 3.84. The third-order valence-corrected chi connectivity index (χ3v) is 3.41. The van der Waals surface area contributed by atoms with Gasteiger partial charge in [0, 0.05) is 42.9 Å². The van der Waals surface area contributed by atoms with Crippen LogP contribution in [0.15, 0.2) is 45.9 Å². The minimum atomic E-state index is -0.586. The van der Waals surface area contributed by atoms with Gasteiger partial charge >= 0.3 is 5.63 Å². The second-order valence-corrected chi connectivity index (χ2v) is 5.05. The second kappa shape index (κ2) is 5.96. The fourth-order valence-corrected chi connectivity index (χ4v) is 2.30. The van der Waals surface area contributed by atoms with Gasteiger partial charge in [-0.25, -0.2) is 4.79 Å². The molecule has 118 valence electrons. The molecule has 0 fully saturated rings. The predicted octanol–water partition coefficient (Wildman–Crippen LogP) is 1.47. The van der Waals surface area contributed by atoms with E-state index in [2.05, 4.69) is 10.4 Å². The number of nitrogens with one attached hydrogen (secondary N) is 1. The molecule has 1 aromatic carbocycles. The third kappa shape index (κ3) is 3.08. The SMILES string of the molecule is COc1ccc2c(C(=O)NCc3cnn(C)c3)cc(=O)oc2c1. The van der Waals surface area contributed by atoms with Gasteiger partial charge in [-0.2, -0.15) is 5.10 Å². The fourth-order valence-electron chi connectivity index (χ4n) is 2.30. The second-order valence-electron chi connectivity index (χ2n) is 5.05. The van der Waals surface area contributed by atoms with E-state index in [1.165, 1.54) is 13.2 Å². The zero-order valence-corrected chi connectivity index (χ0v) is 12.7. The fraction of sp³-hybridized carbons (Fsp3) is 0.188. The standard InChI is InChI=1S/C16H15N3O4/c1-19-9-10(8-18-19)7-17-16(21)13-6-15(20)23-14-5-11(22-2)3-4-12(13)14/h3-6,8-9H,7H2,1-2H3,(H,17,21). The summed E-state index contributed by atoms with van der Waals surface area (Å²) in [5.74, 6) is 0.200. The number of hydrogen-bond acceptors (Lipinski definition) is 5. The lowest BCUT2D eigenvalue weighted by Gasteiger charge is -2.07. The molecule has 0 aliphatic carbocycles. The number of hydrogen-bond donors (Lipinski definition) is 1. The quantitative estimate of drug-likeness (QED) is 0.737. The van der Waals surface area contributed by atoms with Crippen molar-refractivity contribution in [2.24, 2.45) is 7.05 Å². The maximum absolute atomic E-state index is 12.4. The molecule has 0 radical (unpaired) electrons. The van der Waals surface area contributed by atoms with Gasteiger partial charge < -0.3 is 14.5 Å². The smallest absolute Gasteiger partial charge is 0.337 e. The van der Waals surface area contributed by atoms with Crippen molar-refractivity contribution in [1.82, 2.24) is 15.1 Å². The molecule has 0 aliphatic rings. The maximum atomic E-state index is 12.4. The average Bonchev–Trinajstić information content (AvgIpc) is 2.96. The van der Waals surface area contributed by atoms with Gasteiger partial charge in [0.1, 0.15) is 11.3 Å². The van der Waals surface area contributed by atoms with E-state index in [9.17, 15) is 9.59 Å². The largest absolute Gasteiger partial charge is 0.497 e. The van der Waals surface area contributed by atoms with Crippen molar-refractivity contribution >= 4 is 16.9 Å². The zero-order valence-electron chi connectivity index (χ0n) is 12.7.